The van der Waals surface area contributed by atoms with E-state index in [1.54, 1.807) is 18.6 Å². The van der Waals surface area contributed by atoms with E-state index in [0.717, 1.165) is 22.5 Å². The van der Waals surface area contributed by atoms with E-state index in [1.807, 2.05) is 18.2 Å². The highest BCUT2D eigenvalue weighted by molar-refractivity contribution is 7.82. The molecule has 1 aliphatic heterocycles. The van der Waals surface area contributed by atoms with Gasteiger partial charge in [-0.15, -0.1) is 0 Å². The Kier molecular flexibility index (Phi) is 3.27. The molecule has 104 valence electrons. The van der Waals surface area contributed by atoms with Gasteiger partial charge >= 0.3 is 0 Å². The minimum Gasteiger partial charge on any atom is -0.382 e. The van der Waals surface area contributed by atoms with Crippen molar-refractivity contribution in [2.24, 2.45) is 0 Å². The number of anilines is 2. The van der Waals surface area contributed by atoms with Crippen molar-refractivity contribution in [2.75, 3.05) is 23.4 Å². The second kappa shape index (κ2) is 5.09. The van der Waals surface area contributed by atoms with Crippen LogP contribution in [0.2, 0.25) is 0 Å². The second-order valence-corrected chi connectivity index (χ2v) is 5.73. The quantitative estimate of drug-likeness (QED) is 0.877. The molecule has 0 saturated carbocycles. The third-order valence-corrected chi connectivity index (χ3v) is 3.85. The molecule has 0 saturated heterocycles. The van der Waals surface area contributed by atoms with Crippen LogP contribution in [0.3, 0.4) is 0 Å². The Balaban J connectivity index is 2.07. The third-order valence-electron chi connectivity index (χ3n) is 3.13. The number of nitrogens with zero attached hydrogens (tertiary/aromatic N) is 2. The molecule has 0 fully saturated rings. The first-order chi connectivity index (χ1) is 9.65. The Labute approximate surface area is 118 Å². The van der Waals surface area contributed by atoms with Crippen LogP contribution in [-0.4, -0.2) is 32.1 Å². The number of hydrogen-bond donors (Lipinski definition) is 2. The van der Waals surface area contributed by atoms with Crippen LogP contribution in [0.25, 0.3) is 11.1 Å². The predicted molar refractivity (Wildman–Crippen MR) is 78.9 cm³/mol. The number of carbonyl (C=O) groups is 1. The summed E-state index contributed by atoms with van der Waals surface area (Å²) >= 11 is 0. The van der Waals surface area contributed by atoms with E-state index >= 15 is 0 Å². The minimum absolute atomic E-state index is 0.00115. The highest BCUT2D eigenvalue weighted by Crippen LogP contribution is 2.35. The second-order valence-electron chi connectivity index (χ2n) is 4.51. The van der Waals surface area contributed by atoms with Gasteiger partial charge in [-0.25, -0.2) is 4.21 Å². The lowest BCUT2D eigenvalue weighted by Crippen LogP contribution is -2.10. The van der Waals surface area contributed by atoms with Crippen molar-refractivity contribution in [3.8, 4) is 11.1 Å². The fraction of sp³-hybridized carbons (Fsp3) is 0.231. The van der Waals surface area contributed by atoms with Crippen molar-refractivity contribution < 1.29 is 9.00 Å². The first-order valence-corrected chi connectivity index (χ1v) is 7.72. The van der Waals surface area contributed by atoms with E-state index < -0.39 is 11.0 Å². The molecule has 2 aromatic rings. The van der Waals surface area contributed by atoms with Gasteiger partial charge in [0.1, 0.15) is 11.0 Å². The summed E-state index contributed by atoms with van der Waals surface area (Å²) in [5.41, 5.74) is 3.43. The van der Waals surface area contributed by atoms with Gasteiger partial charge in [-0.2, -0.15) is 9.19 Å². The summed E-state index contributed by atoms with van der Waals surface area (Å²) < 4.78 is 12.8. The number of fused-ring (bicyclic) bond motifs is 1. The van der Waals surface area contributed by atoms with Crippen molar-refractivity contribution >= 4 is 28.3 Å². The standard InChI is InChI=1S/C13H14N4O2S/c1-20(19)17-8-9(7-15-17)10-3-2-4-11-13(10)14-6-5-12(18)16-11/h2-4,7-8,14H,5-6H2,1H3,(H,16,18). The highest BCUT2D eigenvalue weighted by atomic mass is 32.2. The van der Waals surface area contributed by atoms with Crippen LogP contribution in [0.15, 0.2) is 30.6 Å². The maximum atomic E-state index is 11.6. The van der Waals surface area contributed by atoms with E-state index in [0.29, 0.717) is 13.0 Å². The molecule has 0 radical (unpaired) electrons. The van der Waals surface area contributed by atoms with Gasteiger partial charge in [0.2, 0.25) is 5.91 Å². The Morgan fingerprint density at radius 2 is 2.25 bits per heavy atom. The number of aromatic nitrogens is 2. The summed E-state index contributed by atoms with van der Waals surface area (Å²) in [6.07, 6.45) is 5.42. The first kappa shape index (κ1) is 12.9. The zero-order valence-electron chi connectivity index (χ0n) is 10.9. The molecule has 2 heterocycles. The highest BCUT2D eigenvalue weighted by Gasteiger charge is 2.17. The van der Waals surface area contributed by atoms with Crippen LogP contribution < -0.4 is 10.6 Å². The number of rotatable bonds is 2. The average molecular weight is 290 g/mol. The van der Waals surface area contributed by atoms with Gasteiger partial charge in [-0.3, -0.25) is 4.79 Å². The Hall–Kier alpha value is -2.15. The number of nitrogens with one attached hydrogen (secondary N) is 2. The van der Waals surface area contributed by atoms with Crippen LogP contribution in [-0.2, 0) is 15.8 Å². The zero-order chi connectivity index (χ0) is 14.1. The lowest BCUT2D eigenvalue weighted by Gasteiger charge is -2.12. The van der Waals surface area contributed by atoms with Gasteiger partial charge < -0.3 is 10.6 Å². The van der Waals surface area contributed by atoms with Gasteiger partial charge in [0.05, 0.1) is 17.6 Å². The molecule has 1 aliphatic rings. The third kappa shape index (κ3) is 2.32. The lowest BCUT2D eigenvalue weighted by atomic mass is 10.1. The van der Waals surface area contributed by atoms with Gasteiger partial charge in [-0.05, 0) is 6.07 Å². The normalized spacial score (nSPS) is 15.8. The molecule has 2 N–H and O–H groups in total. The minimum atomic E-state index is -1.18. The molecule has 3 rings (SSSR count). The maximum absolute atomic E-state index is 11.6. The van der Waals surface area contributed by atoms with Crippen LogP contribution >= 0.6 is 0 Å². The molecule has 0 bridgehead atoms. The molecule has 6 nitrogen and oxygen atoms in total. The molecule has 0 spiro atoms. The smallest absolute Gasteiger partial charge is 0.226 e. The summed E-state index contributed by atoms with van der Waals surface area (Å²) in [6, 6.07) is 5.68. The van der Waals surface area contributed by atoms with Crippen LogP contribution in [0.5, 0.6) is 0 Å². The average Bonchev–Trinajstić information content (AvgIpc) is 2.82. The topological polar surface area (TPSA) is 76.0 Å². The van der Waals surface area contributed by atoms with Gasteiger partial charge in [0, 0.05) is 36.5 Å². The summed E-state index contributed by atoms with van der Waals surface area (Å²) in [5, 5.41) is 10.2. The molecule has 1 atom stereocenters. The van der Waals surface area contributed by atoms with E-state index in [9.17, 15) is 9.00 Å². The predicted octanol–water partition coefficient (Wildman–Crippen LogP) is 1.45. The van der Waals surface area contributed by atoms with Crippen LogP contribution in [0.4, 0.5) is 11.4 Å². The number of amides is 1. The maximum Gasteiger partial charge on any atom is 0.226 e. The monoisotopic (exact) mass is 290 g/mol. The number of benzene rings is 1. The van der Waals surface area contributed by atoms with E-state index in [2.05, 4.69) is 15.7 Å². The molecule has 20 heavy (non-hydrogen) atoms. The Bertz CT molecular complexity index is 695. The van der Waals surface area contributed by atoms with Crippen molar-refractivity contribution in [1.82, 2.24) is 9.19 Å². The number of para-hydroxylation sites is 1. The Morgan fingerprint density at radius 1 is 1.40 bits per heavy atom. The molecule has 7 heteroatoms. The fourth-order valence-electron chi connectivity index (χ4n) is 2.19. The summed E-state index contributed by atoms with van der Waals surface area (Å²) in [4.78, 5) is 11.6. The molecule has 1 unspecified atom stereocenters. The first-order valence-electron chi connectivity index (χ1n) is 6.21. The van der Waals surface area contributed by atoms with Crippen molar-refractivity contribution in [2.45, 2.75) is 6.42 Å². The van der Waals surface area contributed by atoms with Crippen molar-refractivity contribution in [1.29, 1.82) is 0 Å². The largest absolute Gasteiger partial charge is 0.382 e. The molecule has 1 aromatic carbocycles. The molecule has 1 aromatic heterocycles. The van der Waals surface area contributed by atoms with E-state index in [-0.39, 0.29) is 5.91 Å². The van der Waals surface area contributed by atoms with Gasteiger partial charge in [-0.1, -0.05) is 12.1 Å². The molecule has 1 amide bonds. The van der Waals surface area contributed by atoms with Crippen LogP contribution in [0.1, 0.15) is 6.42 Å². The fourth-order valence-corrected chi connectivity index (χ4v) is 2.63. The van der Waals surface area contributed by atoms with Gasteiger partial charge in [0.15, 0.2) is 0 Å². The van der Waals surface area contributed by atoms with Crippen molar-refractivity contribution in [3.63, 3.8) is 0 Å². The van der Waals surface area contributed by atoms with E-state index in [1.165, 1.54) is 4.09 Å². The summed E-state index contributed by atoms with van der Waals surface area (Å²) in [5.74, 6) is -0.00115. The van der Waals surface area contributed by atoms with Gasteiger partial charge in [0.25, 0.3) is 0 Å². The molecular formula is C13H14N4O2S. The summed E-state index contributed by atoms with van der Waals surface area (Å²) in [6.45, 7) is 0.587. The molecular weight excluding hydrogens is 276 g/mol. The van der Waals surface area contributed by atoms with Crippen LogP contribution in [0, 0.1) is 0 Å². The van der Waals surface area contributed by atoms with Crippen molar-refractivity contribution in [3.05, 3.63) is 30.6 Å². The Morgan fingerprint density at radius 3 is 3.00 bits per heavy atom. The summed E-state index contributed by atoms with van der Waals surface area (Å²) in [7, 11) is -1.18. The van der Waals surface area contributed by atoms with E-state index in [4.69, 9.17) is 0 Å². The molecule has 0 aliphatic carbocycles. The SMILES string of the molecule is CS(=O)n1cc(-c2cccc3c2NCCC(=O)N3)cn1. The number of hydrogen-bond acceptors (Lipinski definition) is 4. The number of carbonyl (C=O) groups excluding carboxylic acids is 1. The lowest BCUT2D eigenvalue weighted by molar-refractivity contribution is -0.115. The zero-order valence-corrected chi connectivity index (χ0v) is 11.7.